The summed E-state index contributed by atoms with van der Waals surface area (Å²) in [5.41, 5.74) is 0.570. The molecule has 0 spiro atoms. The molecular formula is C11H11ClO2S. The highest BCUT2D eigenvalue weighted by atomic mass is 35.5. The maximum atomic E-state index is 11.6. The Labute approximate surface area is 99.0 Å². The second-order valence-corrected chi connectivity index (χ2v) is 4.25. The van der Waals surface area contributed by atoms with Gasteiger partial charge in [0.25, 0.3) is 0 Å². The third-order valence-electron chi connectivity index (χ3n) is 2.08. The SMILES string of the molecule is CC(CC(=O)c1ccc(Cl)cc1)C(=O)S. The van der Waals surface area contributed by atoms with E-state index >= 15 is 0 Å². The van der Waals surface area contributed by atoms with Crippen molar-refractivity contribution in [2.24, 2.45) is 5.92 Å². The first-order chi connectivity index (χ1) is 7.00. The molecule has 2 nitrogen and oxygen atoms in total. The molecule has 0 aromatic heterocycles. The summed E-state index contributed by atoms with van der Waals surface area (Å²) >= 11 is 9.38. The van der Waals surface area contributed by atoms with Gasteiger partial charge in [-0.05, 0) is 24.3 Å². The van der Waals surface area contributed by atoms with E-state index < -0.39 is 0 Å². The van der Waals surface area contributed by atoms with E-state index in [0.29, 0.717) is 10.6 Å². The molecule has 0 aliphatic carbocycles. The molecule has 0 heterocycles. The quantitative estimate of drug-likeness (QED) is 0.651. The zero-order chi connectivity index (χ0) is 11.4. The smallest absolute Gasteiger partial charge is 0.189 e. The van der Waals surface area contributed by atoms with Crippen molar-refractivity contribution in [3.63, 3.8) is 0 Å². The van der Waals surface area contributed by atoms with Crippen LogP contribution < -0.4 is 0 Å². The highest BCUT2D eigenvalue weighted by molar-refractivity contribution is 7.96. The Hall–Kier alpha value is -0.800. The van der Waals surface area contributed by atoms with E-state index in [1.54, 1.807) is 31.2 Å². The fraction of sp³-hybridized carbons (Fsp3) is 0.273. The highest BCUT2D eigenvalue weighted by Crippen LogP contribution is 2.14. The van der Waals surface area contributed by atoms with Gasteiger partial charge in [0, 0.05) is 22.9 Å². The summed E-state index contributed by atoms with van der Waals surface area (Å²) in [6, 6.07) is 6.62. The molecule has 4 heteroatoms. The summed E-state index contributed by atoms with van der Waals surface area (Å²) in [4.78, 5) is 22.5. The van der Waals surface area contributed by atoms with E-state index in [-0.39, 0.29) is 23.2 Å². The molecule has 15 heavy (non-hydrogen) atoms. The van der Waals surface area contributed by atoms with Gasteiger partial charge in [-0.2, -0.15) is 0 Å². The monoisotopic (exact) mass is 242 g/mol. The number of Topliss-reactive ketones (excluding diaryl/α,β-unsaturated/α-hetero) is 1. The Kier molecular flexibility index (Phi) is 4.36. The number of halogens is 1. The molecule has 1 atom stereocenters. The van der Waals surface area contributed by atoms with Crippen LogP contribution in [0.3, 0.4) is 0 Å². The van der Waals surface area contributed by atoms with E-state index in [2.05, 4.69) is 12.6 Å². The Morgan fingerprint density at radius 2 is 1.87 bits per heavy atom. The molecule has 0 radical (unpaired) electrons. The largest absolute Gasteiger partial charge is 0.294 e. The van der Waals surface area contributed by atoms with Crippen molar-refractivity contribution in [3.8, 4) is 0 Å². The van der Waals surface area contributed by atoms with Crippen LogP contribution in [-0.2, 0) is 4.79 Å². The molecule has 1 unspecified atom stereocenters. The molecule has 0 N–H and O–H groups in total. The zero-order valence-electron chi connectivity index (χ0n) is 8.24. The second-order valence-electron chi connectivity index (χ2n) is 3.37. The lowest BCUT2D eigenvalue weighted by molar-refractivity contribution is -0.113. The summed E-state index contributed by atoms with van der Waals surface area (Å²) in [7, 11) is 0. The minimum absolute atomic E-state index is 0.0680. The number of hydrogen-bond donors (Lipinski definition) is 1. The second kappa shape index (κ2) is 5.33. The summed E-state index contributed by atoms with van der Waals surface area (Å²) in [5.74, 6) is -0.418. The van der Waals surface area contributed by atoms with Crippen LogP contribution >= 0.6 is 24.2 Å². The summed E-state index contributed by atoms with van der Waals surface area (Å²) < 4.78 is 0. The molecular weight excluding hydrogens is 232 g/mol. The van der Waals surface area contributed by atoms with Crippen LogP contribution in [0, 0.1) is 5.92 Å². The first-order valence-corrected chi connectivity index (χ1v) is 5.35. The van der Waals surface area contributed by atoms with Gasteiger partial charge in [0.1, 0.15) is 0 Å². The Morgan fingerprint density at radius 3 is 2.33 bits per heavy atom. The van der Waals surface area contributed by atoms with Crippen LogP contribution in [0.1, 0.15) is 23.7 Å². The van der Waals surface area contributed by atoms with Crippen molar-refractivity contribution < 1.29 is 9.59 Å². The molecule has 0 aliphatic rings. The van der Waals surface area contributed by atoms with Crippen LogP contribution in [0.2, 0.25) is 5.02 Å². The number of thiol groups is 1. The van der Waals surface area contributed by atoms with Crippen molar-refractivity contribution in [3.05, 3.63) is 34.9 Å². The average Bonchev–Trinajstić information content (AvgIpc) is 2.18. The molecule has 1 aromatic rings. The molecule has 0 saturated carbocycles. The third kappa shape index (κ3) is 3.68. The van der Waals surface area contributed by atoms with Crippen molar-refractivity contribution in [1.29, 1.82) is 0 Å². The molecule has 0 fully saturated rings. The number of benzene rings is 1. The van der Waals surface area contributed by atoms with Gasteiger partial charge in [0.15, 0.2) is 10.9 Å². The summed E-state index contributed by atoms with van der Waals surface area (Å²) in [6.45, 7) is 1.68. The topological polar surface area (TPSA) is 34.1 Å². The van der Waals surface area contributed by atoms with Crippen molar-refractivity contribution in [2.45, 2.75) is 13.3 Å². The van der Waals surface area contributed by atoms with Crippen LogP contribution in [0.5, 0.6) is 0 Å². The molecule has 1 aromatic carbocycles. The lowest BCUT2D eigenvalue weighted by Gasteiger charge is -2.05. The van der Waals surface area contributed by atoms with E-state index in [9.17, 15) is 9.59 Å². The van der Waals surface area contributed by atoms with Gasteiger partial charge in [-0.25, -0.2) is 0 Å². The molecule has 0 bridgehead atoms. The molecule has 0 saturated heterocycles. The number of rotatable bonds is 4. The van der Waals surface area contributed by atoms with Gasteiger partial charge in [0.05, 0.1) is 0 Å². The third-order valence-corrected chi connectivity index (χ3v) is 2.77. The average molecular weight is 243 g/mol. The van der Waals surface area contributed by atoms with Crippen molar-refractivity contribution >= 4 is 35.1 Å². The van der Waals surface area contributed by atoms with Crippen LogP contribution in [-0.4, -0.2) is 10.9 Å². The molecule has 80 valence electrons. The molecule has 1 rings (SSSR count). The maximum Gasteiger partial charge on any atom is 0.189 e. The van der Waals surface area contributed by atoms with E-state index in [0.717, 1.165) is 0 Å². The van der Waals surface area contributed by atoms with E-state index in [1.807, 2.05) is 0 Å². The van der Waals surface area contributed by atoms with Gasteiger partial charge >= 0.3 is 0 Å². The van der Waals surface area contributed by atoms with E-state index in [4.69, 9.17) is 11.6 Å². The molecule has 0 aliphatic heterocycles. The Morgan fingerprint density at radius 1 is 1.33 bits per heavy atom. The first-order valence-electron chi connectivity index (χ1n) is 4.52. The predicted octanol–water partition coefficient (Wildman–Crippen LogP) is 3.01. The van der Waals surface area contributed by atoms with Gasteiger partial charge in [-0.3, -0.25) is 9.59 Å². The standard InChI is InChI=1S/C11H11ClO2S/c1-7(11(14)15)6-10(13)8-2-4-9(12)5-3-8/h2-5,7H,6H2,1H3,(H,14,15). The van der Waals surface area contributed by atoms with Gasteiger partial charge in [-0.1, -0.05) is 18.5 Å². The van der Waals surface area contributed by atoms with Crippen molar-refractivity contribution in [2.75, 3.05) is 0 Å². The lowest BCUT2D eigenvalue weighted by atomic mass is 10.0. The van der Waals surface area contributed by atoms with E-state index in [1.165, 1.54) is 0 Å². The summed E-state index contributed by atoms with van der Waals surface area (Å²) in [5, 5.41) is 0.321. The Balaban J connectivity index is 2.69. The number of ketones is 1. The summed E-state index contributed by atoms with van der Waals surface area (Å²) in [6.07, 6.45) is 0.184. The van der Waals surface area contributed by atoms with Gasteiger partial charge in [0.2, 0.25) is 0 Å². The van der Waals surface area contributed by atoms with Crippen molar-refractivity contribution in [1.82, 2.24) is 0 Å². The number of carbonyl (C=O) groups is 2. The zero-order valence-corrected chi connectivity index (χ0v) is 9.89. The molecule has 0 amide bonds. The minimum atomic E-state index is -0.350. The fourth-order valence-electron chi connectivity index (χ4n) is 1.12. The first kappa shape index (κ1) is 12.3. The number of hydrogen-bond acceptors (Lipinski definition) is 2. The van der Waals surface area contributed by atoms with Crippen LogP contribution in [0.25, 0.3) is 0 Å². The number of carbonyl (C=O) groups excluding carboxylic acids is 2. The predicted molar refractivity (Wildman–Crippen MR) is 63.6 cm³/mol. The van der Waals surface area contributed by atoms with Gasteiger partial charge in [-0.15, -0.1) is 12.6 Å². The maximum absolute atomic E-state index is 11.6. The highest BCUT2D eigenvalue weighted by Gasteiger charge is 2.15. The van der Waals surface area contributed by atoms with Crippen LogP contribution in [0.4, 0.5) is 0 Å². The van der Waals surface area contributed by atoms with Crippen LogP contribution in [0.15, 0.2) is 24.3 Å². The lowest BCUT2D eigenvalue weighted by Crippen LogP contribution is -2.11. The minimum Gasteiger partial charge on any atom is -0.294 e. The fourth-order valence-corrected chi connectivity index (χ4v) is 1.34. The normalized spacial score (nSPS) is 12.2. The van der Waals surface area contributed by atoms with Gasteiger partial charge < -0.3 is 0 Å². The Bertz CT molecular complexity index is 373.